The molecule has 1 fully saturated rings. The standard InChI is InChI=1S/C16H22FN3O2/c17-15-3-1-14(2-4-15)5-7-18-16(22)6-8-19-9-11-20(13-21)12-10-19/h1-4,13H,5-12H2,(H,18,22). The molecule has 22 heavy (non-hydrogen) atoms. The lowest BCUT2D eigenvalue weighted by Gasteiger charge is -2.32. The molecule has 2 amide bonds. The van der Waals surface area contributed by atoms with Crippen molar-refractivity contribution in [2.75, 3.05) is 39.3 Å². The maximum atomic E-state index is 12.8. The second kappa shape index (κ2) is 8.48. The fraction of sp³-hybridized carbons (Fsp3) is 0.500. The van der Waals surface area contributed by atoms with Crippen molar-refractivity contribution in [2.45, 2.75) is 12.8 Å². The van der Waals surface area contributed by atoms with E-state index in [4.69, 9.17) is 0 Å². The average Bonchev–Trinajstić information content (AvgIpc) is 2.55. The summed E-state index contributed by atoms with van der Waals surface area (Å²) in [4.78, 5) is 26.3. The fourth-order valence-corrected chi connectivity index (χ4v) is 2.44. The molecule has 0 radical (unpaired) electrons. The maximum absolute atomic E-state index is 12.8. The van der Waals surface area contributed by atoms with Crippen molar-refractivity contribution < 1.29 is 14.0 Å². The second-order valence-electron chi connectivity index (χ2n) is 5.46. The Hall–Kier alpha value is -1.95. The van der Waals surface area contributed by atoms with Crippen molar-refractivity contribution in [1.29, 1.82) is 0 Å². The summed E-state index contributed by atoms with van der Waals surface area (Å²) in [7, 11) is 0. The fourth-order valence-electron chi connectivity index (χ4n) is 2.44. The summed E-state index contributed by atoms with van der Waals surface area (Å²) < 4.78 is 12.8. The van der Waals surface area contributed by atoms with Crippen molar-refractivity contribution in [1.82, 2.24) is 15.1 Å². The van der Waals surface area contributed by atoms with Crippen LogP contribution >= 0.6 is 0 Å². The summed E-state index contributed by atoms with van der Waals surface area (Å²) in [6.45, 7) is 4.38. The molecule has 1 aromatic rings. The van der Waals surface area contributed by atoms with Crippen LogP contribution in [-0.2, 0) is 16.0 Å². The molecular weight excluding hydrogens is 285 g/mol. The van der Waals surface area contributed by atoms with E-state index >= 15 is 0 Å². The first kappa shape index (κ1) is 16.4. The Bertz CT molecular complexity index is 485. The highest BCUT2D eigenvalue weighted by atomic mass is 19.1. The van der Waals surface area contributed by atoms with Crippen LogP contribution in [0.3, 0.4) is 0 Å². The molecule has 2 rings (SSSR count). The lowest BCUT2D eigenvalue weighted by Crippen LogP contribution is -2.46. The van der Waals surface area contributed by atoms with E-state index in [0.29, 0.717) is 19.4 Å². The van der Waals surface area contributed by atoms with Crippen molar-refractivity contribution >= 4 is 12.3 Å². The molecule has 0 aromatic heterocycles. The molecule has 0 atom stereocenters. The molecule has 0 unspecified atom stereocenters. The number of nitrogens with one attached hydrogen (secondary N) is 1. The van der Waals surface area contributed by atoms with Crippen LogP contribution in [0.4, 0.5) is 4.39 Å². The molecule has 5 nitrogen and oxygen atoms in total. The first-order chi connectivity index (χ1) is 10.7. The Morgan fingerprint density at radius 3 is 2.50 bits per heavy atom. The van der Waals surface area contributed by atoms with Gasteiger partial charge in [0, 0.05) is 45.7 Å². The van der Waals surface area contributed by atoms with E-state index in [2.05, 4.69) is 10.2 Å². The summed E-state index contributed by atoms with van der Waals surface area (Å²) >= 11 is 0. The molecule has 0 spiro atoms. The van der Waals surface area contributed by atoms with Crippen LogP contribution < -0.4 is 5.32 Å². The summed E-state index contributed by atoms with van der Waals surface area (Å²) in [6.07, 6.45) is 2.04. The number of nitrogens with zero attached hydrogens (tertiary/aromatic N) is 2. The molecule has 1 heterocycles. The van der Waals surface area contributed by atoms with Gasteiger partial charge in [0.2, 0.25) is 12.3 Å². The van der Waals surface area contributed by atoms with Gasteiger partial charge in [0.15, 0.2) is 0 Å². The summed E-state index contributed by atoms with van der Waals surface area (Å²) in [5, 5.41) is 2.88. The van der Waals surface area contributed by atoms with Crippen LogP contribution in [0.5, 0.6) is 0 Å². The highest BCUT2D eigenvalue weighted by molar-refractivity contribution is 5.76. The Morgan fingerprint density at radius 2 is 1.86 bits per heavy atom. The number of benzene rings is 1. The van der Waals surface area contributed by atoms with Crippen LogP contribution in [0.2, 0.25) is 0 Å². The van der Waals surface area contributed by atoms with E-state index in [0.717, 1.165) is 44.7 Å². The summed E-state index contributed by atoms with van der Waals surface area (Å²) in [5.41, 5.74) is 1.01. The predicted molar refractivity (Wildman–Crippen MR) is 81.8 cm³/mol. The predicted octanol–water partition coefficient (Wildman–Crippen LogP) is 0.648. The minimum atomic E-state index is -0.248. The van der Waals surface area contributed by atoms with Crippen molar-refractivity contribution in [3.8, 4) is 0 Å². The van der Waals surface area contributed by atoms with E-state index in [1.807, 2.05) is 0 Å². The van der Waals surface area contributed by atoms with Crippen molar-refractivity contribution in [3.63, 3.8) is 0 Å². The molecule has 1 N–H and O–H groups in total. The van der Waals surface area contributed by atoms with Gasteiger partial charge in [0.1, 0.15) is 5.82 Å². The monoisotopic (exact) mass is 307 g/mol. The largest absolute Gasteiger partial charge is 0.356 e. The first-order valence-corrected chi connectivity index (χ1v) is 7.60. The molecule has 1 saturated heterocycles. The second-order valence-corrected chi connectivity index (χ2v) is 5.46. The highest BCUT2D eigenvalue weighted by Crippen LogP contribution is 2.03. The van der Waals surface area contributed by atoms with Gasteiger partial charge >= 0.3 is 0 Å². The smallest absolute Gasteiger partial charge is 0.221 e. The highest BCUT2D eigenvalue weighted by Gasteiger charge is 2.15. The topological polar surface area (TPSA) is 52.7 Å². The van der Waals surface area contributed by atoms with E-state index in [1.54, 1.807) is 17.0 Å². The van der Waals surface area contributed by atoms with E-state index < -0.39 is 0 Å². The third-order valence-electron chi connectivity index (χ3n) is 3.86. The Morgan fingerprint density at radius 1 is 1.18 bits per heavy atom. The van der Waals surface area contributed by atoms with Gasteiger partial charge in [-0.05, 0) is 24.1 Å². The van der Waals surface area contributed by atoms with Gasteiger partial charge in [-0.2, -0.15) is 0 Å². The molecular formula is C16H22FN3O2. The molecule has 6 heteroatoms. The number of carbonyl (C=O) groups excluding carboxylic acids is 2. The van der Waals surface area contributed by atoms with E-state index in [9.17, 15) is 14.0 Å². The van der Waals surface area contributed by atoms with E-state index in [-0.39, 0.29) is 11.7 Å². The zero-order valence-corrected chi connectivity index (χ0v) is 12.6. The SMILES string of the molecule is O=CN1CCN(CCC(=O)NCCc2ccc(F)cc2)CC1. The zero-order valence-electron chi connectivity index (χ0n) is 12.6. The quantitative estimate of drug-likeness (QED) is 0.753. The number of amides is 2. The molecule has 0 bridgehead atoms. The minimum Gasteiger partial charge on any atom is -0.356 e. The molecule has 0 saturated carbocycles. The van der Waals surface area contributed by atoms with Crippen LogP contribution in [0.15, 0.2) is 24.3 Å². The molecule has 120 valence electrons. The lowest BCUT2D eigenvalue weighted by molar-refractivity contribution is -0.122. The Labute approximate surface area is 130 Å². The van der Waals surface area contributed by atoms with Gasteiger partial charge in [-0.1, -0.05) is 12.1 Å². The van der Waals surface area contributed by atoms with Gasteiger partial charge in [0.05, 0.1) is 0 Å². The van der Waals surface area contributed by atoms with E-state index in [1.165, 1.54) is 12.1 Å². The van der Waals surface area contributed by atoms with Crippen LogP contribution in [-0.4, -0.2) is 61.4 Å². The molecule has 1 aliphatic heterocycles. The lowest BCUT2D eigenvalue weighted by atomic mass is 10.1. The molecule has 0 aliphatic carbocycles. The van der Waals surface area contributed by atoms with Gasteiger partial charge < -0.3 is 10.2 Å². The van der Waals surface area contributed by atoms with Crippen molar-refractivity contribution in [2.24, 2.45) is 0 Å². The zero-order chi connectivity index (χ0) is 15.8. The van der Waals surface area contributed by atoms with Gasteiger partial charge in [-0.25, -0.2) is 4.39 Å². The average molecular weight is 307 g/mol. The number of rotatable bonds is 7. The Kier molecular flexibility index (Phi) is 6.33. The summed E-state index contributed by atoms with van der Waals surface area (Å²) in [5.74, 6) is -0.220. The minimum absolute atomic E-state index is 0.0277. The maximum Gasteiger partial charge on any atom is 0.221 e. The number of halogens is 1. The third-order valence-corrected chi connectivity index (χ3v) is 3.86. The first-order valence-electron chi connectivity index (χ1n) is 7.60. The van der Waals surface area contributed by atoms with Gasteiger partial charge in [-0.15, -0.1) is 0 Å². The number of carbonyl (C=O) groups is 2. The normalized spacial score (nSPS) is 15.6. The van der Waals surface area contributed by atoms with Crippen molar-refractivity contribution in [3.05, 3.63) is 35.6 Å². The number of hydrogen-bond acceptors (Lipinski definition) is 3. The van der Waals surface area contributed by atoms with Crippen LogP contribution in [0.1, 0.15) is 12.0 Å². The number of piperazine rings is 1. The Balaban J connectivity index is 1.58. The van der Waals surface area contributed by atoms with Crippen LogP contribution in [0, 0.1) is 5.82 Å². The van der Waals surface area contributed by atoms with Crippen LogP contribution in [0.25, 0.3) is 0 Å². The summed E-state index contributed by atoms with van der Waals surface area (Å²) in [6, 6.07) is 6.31. The number of hydrogen-bond donors (Lipinski definition) is 1. The molecule has 1 aliphatic rings. The van der Waals surface area contributed by atoms with Gasteiger partial charge in [-0.3, -0.25) is 14.5 Å². The van der Waals surface area contributed by atoms with Gasteiger partial charge in [0.25, 0.3) is 0 Å². The third kappa shape index (κ3) is 5.44. The molecule has 1 aromatic carbocycles.